The molecule has 10 nitrogen and oxygen atoms in total. The maximum absolute atomic E-state index is 12.0. The first-order valence-electron chi connectivity index (χ1n) is 8.09. The van der Waals surface area contributed by atoms with Crippen LogP contribution >= 0.6 is 11.8 Å². The monoisotopic (exact) mass is 409 g/mol. The Labute approximate surface area is 164 Å². The van der Waals surface area contributed by atoms with Gasteiger partial charge in [-0.15, -0.1) is 11.8 Å². The second-order valence-electron chi connectivity index (χ2n) is 5.65. The summed E-state index contributed by atoms with van der Waals surface area (Å²) in [6.07, 6.45) is 0. The Morgan fingerprint density at radius 1 is 1.36 bits per heavy atom. The molecule has 1 N–H and O–H groups in total. The summed E-state index contributed by atoms with van der Waals surface area (Å²) in [5.74, 6) is 0.342. The second-order valence-corrected chi connectivity index (χ2v) is 6.63. The van der Waals surface area contributed by atoms with Crippen molar-refractivity contribution in [3.8, 4) is 5.75 Å². The molecular weight excluding hydrogens is 390 g/mol. The van der Waals surface area contributed by atoms with Crippen molar-refractivity contribution in [3.63, 3.8) is 0 Å². The Kier molecular flexibility index (Phi) is 7.38. The molecule has 0 aliphatic rings. The first kappa shape index (κ1) is 21.2. The number of carbonyl (C=O) groups is 2. The van der Waals surface area contributed by atoms with Crippen LogP contribution in [0.25, 0.3) is 0 Å². The molecule has 0 fully saturated rings. The fourth-order valence-corrected chi connectivity index (χ4v) is 3.19. The molecule has 2 aromatic rings. The van der Waals surface area contributed by atoms with E-state index in [0.717, 1.165) is 17.3 Å². The molecule has 28 heavy (non-hydrogen) atoms. The molecule has 0 spiro atoms. The molecule has 1 heterocycles. The summed E-state index contributed by atoms with van der Waals surface area (Å²) in [6.45, 7) is 3.09. The van der Waals surface area contributed by atoms with E-state index < -0.39 is 23.4 Å². The van der Waals surface area contributed by atoms with Gasteiger partial charge < -0.3 is 19.3 Å². The van der Waals surface area contributed by atoms with Gasteiger partial charge in [0, 0.05) is 23.4 Å². The third kappa shape index (κ3) is 5.71. The average Bonchev–Trinajstić information content (AvgIpc) is 2.98. The number of nitro benzene ring substituents is 1. The predicted octanol–water partition coefficient (Wildman–Crippen LogP) is 2.62. The zero-order chi connectivity index (χ0) is 20.7. The van der Waals surface area contributed by atoms with E-state index in [-0.39, 0.29) is 22.9 Å². The number of benzene rings is 1. The van der Waals surface area contributed by atoms with E-state index in [1.807, 2.05) is 6.92 Å². The van der Waals surface area contributed by atoms with Crippen LogP contribution in [-0.2, 0) is 20.1 Å². The molecule has 1 aromatic heterocycles. The summed E-state index contributed by atoms with van der Waals surface area (Å²) in [6, 6.07) is 3.79. The van der Waals surface area contributed by atoms with E-state index >= 15 is 0 Å². The third-order valence-electron chi connectivity index (χ3n) is 3.68. The molecule has 0 saturated carbocycles. The highest BCUT2D eigenvalue weighted by Gasteiger charge is 2.15. The second kappa shape index (κ2) is 9.74. The smallest absolute Gasteiger partial charge is 0.316 e. The first-order chi connectivity index (χ1) is 13.3. The lowest BCUT2D eigenvalue weighted by atomic mass is 10.2. The van der Waals surface area contributed by atoms with Gasteiger partial charge in [0.1, 0.15) is 11.5 Å². The Morgan fingerprint density at radius 3 is 2.71 bits per heavy atom. The van der Waals surface area contributed by atoms with E-state index in [1.165, 1.54) is 31.0 Å². The Hall–Kier alpha value is -3.08. The van der Waals surface area contributed by atoms with Crippen LogP contribution in [0.4, 0.5) is 11.4 Å². The molecule has 0 aliphatic carbocycles. The number of aromatic nitrogens is 1. The molecular formula is C17H19N3O7S. The molecule has 0 radical (unpaired) electrons. The number of amides is 1. The Bertz CT molecular complexity index is 862. The number of ether oxygens (including phenoxy) is 2. The lowest BCUT2D eigenvalue weighted by molar-refractivity contribution is -0.384. The summed E-state index contributed by atoms with van der Waals surface area (Å²) >= 11 is 1.31. The lowest BCUT2D eigenvalue weighted by Crippen LogP contribution is -2.22. The number of methoxy groups -OCH3 is 1. The molecule has 2 rings (SSSR count). The minimum Gasteiger partial charge on any atom is -0.495 e. The van der Waals surface area contributed by atoms with Crippen LogP contribution in [0.3, 0.4) is 0 Å². The zero-order valence-corrected chi connectivity index (χ0v) is 16.3. The number of carbonyl (C=O) groups excluding carboxylic acids is 2. The van der Waals surface area contributed by atoms with Gasteiger partial charge in [0.2, 0.25) is 0 Å². The highest BCUT2D eigenvalue weighted by molar-refractivity contribution is 7.99. The van der Waals surface area contributed by atoms with E-state index in [4.69, 9.17) is 14.0 Å². The first-order valence-corrected chi connectivity index (χ1v) is 9.24. The molecule has 150 valence electrons. The largest absolute Gasteiger partial charge is 0.495 e. The molecule has 11 heteroatoms. The number of esters is 1. The molecule has 0 unspecified atom stereocenters. The quantitative estimate of drug-likeness (QED) is 0.377. The fraction of sp³-hybridized carbons (Fsp3) is 0.353. The zero-order valence-electron chi connectivity index (χ0n) is 15.5. The van der Waals surface area contributed by atoms with Gasteiger partial charge in [-0.3, -0.25) is 19.7 Å². The maximum atomic E-state index is 12.0. The summed E-state index contributed by atoms with van der Waals surface area (Å²) < 4.78 is 15.0. The molecule has 1 aromatic carbocycles. The summed E-state index contributed by atoms with van der Waals surface area (Å²) in [7, 11) is 1.37. The van der Waals surface area contributed by atoms with Crippen LogP contribution in [0.2, 0.25) is 0 Å². The number of thioether (sulfide) groups is 1. The number of hydrogen-bond donors (Lipinski definition) is 1. The van der Waals surface area contributed by atoms with Crippen LogP contribution in [0.1, 0.15) is 17.0 Å². The van der Waals surface area contributed by atoms with Crippen LogP contribution in [0.15, 0.2) is 22.7 Å². The molecule has 0 saturated heterocycles. The van der Waals surface area contributed by atoms with Crippen molar-refractivity contribution in [2.24, 2.45) is 0 Å². The normalized spacial score (nSPS) is 10.4. The number of rotatable bonds is 9. The van der Waals surface area contributed by atoms with Crippen molar-refractivity contribution >= 4 is 35.0 Å². The topological polar surface area (TPSA) is 134 Å². The van der Waals surface area contributed by atoms with E-state index in [9.17, 15) is 19.7 Å². The van der Waals surface area contributed by atoms with Crippen LogP contribution < -0.4 is 10.1 Å². The van der Waals surface area contributed by atoms with Gasteiger partial charge in [0.15, 0.2) is 6.61 Å². The predicted molar refractivity (Wildman–Crippen MR) is 101 cm³/mol. The standard InChI is InChI=1S/C17H19N3O7S/c1-10-13(11(2)27-19-10)8-28-9-17(22)26-7-16(21)18-14-6-12(20(23)24)4-5-15(14)25-3/h4-6H,7-9H2,1-3H3,(H,18,21). The summed E-state index contributed by atoms with van der Waals surface area (Å²) in [5, 5.41) is 17.1. The number of nitro groups is 1. The number of aryl methyl sites for hydroxylation is 2. The number of nitrogens with one attached hydrogen (secondary N) is 1. The van der Waals surface area contributed by atoms with Gasteiger partial charge >= 0.3 is 5.97 Å². The minimum absolute atomic E-state index is 0.0530. The van der Waals surface area contributed by atoms with Gasteiger partial charge in [-0.25, -0.2) is 0 Å². The van der Waals surface area contributed by atoms with Gasteiger partial charge in [-0.05, 0) is 19.9 Å². The summed E-state index contributed by atoms with van der Waals surface area (Å²) in [5.41, 5.74) is 1.60. The van der Waals surface area contributed by atoms with Gasteiger partial charge in [0.25, 0.3) is 11.6 Å². The lowest BCUT2D eigenvalue weighted by Gasteiger charge is -2.10. The van der Waals surface area contributed by atoms with Crippen molar-refractivity contribution in [2.45, 2.75) is 19.6 Å². The van der Waals surface area contributed by atoms with Crippen molar-refractivity contribution < 1.29 is 28.5 Å². The van der Waals surface area contributed by atoms with Crippen molar-refractivity contribution in [1.82, 2.24) is 5.16 Å². The Balaban J connectivity index is 1.81. The average molecular weight is 409 g/mol. The van der Waals surface area contributed by atoms with E-state index in [0.29, 0.717) is 11.5 Å². The highest BCUT2D eigenvalue weighted by atomic mass is 32.2. The molecule has 0 atom stereocenters. The Morgan fingerprint density at radius 2 is 2.11 bits per heavy atom. The fourth-order valence-electron chi connectivity index (χ4n) is 2.23. The molecule has 0 aliphatic heterocycles. The number of nitrogens with zero attached hydrogens (tertiary/aromatic N) is 2. The highest BCUT2D eigenvalue weighted by Crippen LogP contribution is 2.28. The van der Waals surface area contributed by atoms with Crippen molar-refractivity contribution in [3.05, 3.63) is 45.3 Å². The molecule has 1 amide bonds. The van der Waals surface area contributed by atoms with Gasteiger partial charge in [-0.2, -0.15) is 0 Å². The van der Waals surface area contributed by atoms with Gasteiger partial charge in [-0.1, -0.05) is 5.16 Å². The van der Waals surface area contributed by atoms with Crippen molar-refractivity contribution in [2.75, 3.05) is 24.8 Å². The number of non-ortho nitro benzene ring substituents is 1. The maximum Gasteiger partial charge on any atom is 0.316 e. The van der Waals surface area contributed by atoms with E-state index in [1.54, 1.807) is 6.92 Å². The third-order valence-corrected chi connectivity index (χ3v) is 4.61. The van der Waals surface area contributed by atoms with E-state index in [2.05, 4.69) is 10.5 Å². The van der Waals surface area contributed by atoms with Gasteiger partial charge in [0.05, 0.1) is 29.2 Å². The minimum atomic E-state index is -0.636. The number of hydrogen-bond acceptors (Lipinski definition) is 9. The van der Waals surface area contributed by atoms with Crippen LogP contribution in [0.5, 0.6) is 5.75 Å². The molecule has 0 bridgehead atoms. The van der Waals surface area contributed by atoms with Crippen molar-refractivity contribution in [1.29, 1.82) is 0 Å². The van der Waals surface area contributed by atoms with Crippen LogP contribution in [-0.4, -0.2) is 41.4 Å². The number of anilines is 1. The summed E-state index contributed by atoms with van der Waals surface area (Å²) in [4.78, 5) is 34.0. The van der Waals surface area contributed by atoms with Crippen LogP contribution in [0, 0.1) is 24.0 Å². The SMILES string of the molecule is COc1ccc([N+](=O)[O-])cc1NC(=O)COC(=O)CSCc1c(C)noc1C.